The van der Waals surface area contributed by atoms with E-state index in [9.17, 15) is 14.0 Å². The Kier molecular flexibility index (Phi) is 4.87. The average molecular weight is 481 g/mol. The third-order valence-electron chi connectivity index (χ3n) is 5.70. The summed E-state index contributed by atoms with van der Waals surface area (Å²) in [6.45, 7) is 1.94. The molecular formula is C24H18BrFN2O3. The first-order valence-corrected chi connectivity index (χ1v) is 10.7. The first-order chi connectivity index (χ1) is 15.0. The minimum absolute atomic E-state index is 0.286. The molecule has 0 spiro atoms. The molecule has 2 saturated heterocycles. The van der Waals surface area contributed by atoms with Crippen molar-refractivity contribution in [3.05, 3.63) is 94.2 Å². The minimum Gasteiger partial charge on any atom is -0.273 e. The third-order valence-corrected chi connectivity index (χ3v) is 6.31. The zero-order chi connectivity index (χ0) is 21.7. The molecule has 2 aliphatic rings. The van der Waals surface area contributed by atoms with Gasteiger partial charge >= 0.3 is 0 Å². The summed E-state index contributed by atoms with van der Waals surface area (Å²) < 4.78 is 14.2. The number of fused-ring (bicyclic) bond motifs is 1. The van der Waals surface area contributed by atoms with Crippen LogP contribution in [0.2, 0.25) is 0 Å². The van der Waals surface area contributed by atoms with Crippen LogP contribution in [0, 0.1) is 18.7 Å². The van der Waals surface area contributed by atoms with E-state index in [1.165, 1.54) is 11.0 Å². The van der Waals surface area contributed by atoms with Gasteiger partial charge in [-0.05, 0) is 64.8 Å². The molecule has 2 amide bonds. The van der Waals surface area contributed by atoms with Crippen LogP contribution in [0.1, 0.15) is 17.2 Å². The number of para-hydroxylation sites is 1. The Balaban J connectivity index is 1.60. The molecule has 31 heavy (non-hydrogen) atoms. The van der Waals surface area contributed by atoms with Crippen molar-refractivity contribution < 1.29 is 18.8 Å². The Bertz CT molecular complexity index is 1170. The zero-order valence-corrected chi connectivity index (χ0v) is 18.1. The number of imide groups is 1. The second-order valence-corrected chi connectivity index (χ2v) is 8.53. The molecule has 0 bridgehead atoms. The van der Waals surface area contributed by atoms with Crippen LogP contribution in [0.4, 0.5) is 15.8 Å². The predicted octanol–water partition coefficient (Wildman–Crippen LogP) is 4.95. The number of hydroxylamine groups is 1. The Hall–Kier alpha value is -3.03. The van der Waals surface area contributed by atoms with E-state index in [0.717, 1.165) is 5.56 Å². The van der Waals surface area contributed by atoms with Crippen LogP contribution in [-0.4, -0.2) is 17.9 Å². The number of benzene rings is 3. The Morgan fingerprint density at radius 2 is 1.61 bits per heavy atom. The zero-order valence-electron chi connectivity index (χ0n) is 16.5. The third kappa shape index (κ3) is 3.25. The Morgan fingerprint density at radius 3 is 2.29 bits per heavy atom. The molecule has 0 saturated carbocycles. The van der Waals surface area contributed by atoms with E-state index in [4.69, 9.17) is 4.84 Å². The first-order valence-electron chi connectivity index (χ1n) is 9.86. The van der Waals surface area contributed by atoms with Crippen LogP contribution < -0.4 is 9.96 Å². The standard InChI is InChI=1S/C24H18BrFN2O3/c1-14-7-10-16(11-8-14)27-23(29)20-21(15-9-12-19(26)18(25)13-15)28(31-22(20)24(27)30)17-5-3-2-4-6-17/h2-13,20-22H,1H3/t20-,21+,22+/m0/s1. The lowest BCUT2D eigenvalue weighted by molar-refractivity contribution is -0.126. The molecule has 3 aromatic carbocycles. The van der Waals surface area contributed by atoms with Crippen molar-refractivity contribution in [3.63, 3.8) is 0 Å². The van der Waals surface area contributed by atoms with Crippen LogP contribution in [0.25, 0.3) is 0 Å². The average Bonchev–Trinajstić information content (AvgIpc) is 3.28. The van der Waals surface area contributed by atoms with Gasteiger partial charge in [-0.15, -0.1) is 0 Å². The monoisotopic (exact) mass is 480 g/mol. The maximum Gasteiger partial charge on any atom is 0.266 e. The van der Waals surface area contributed by atoms with E-state index in [-0.39, 0.29) is 10.4 Å². The number of rotatable bonds is 3. The molecular weight excluding hydrogens is 463 g/mol. The summed E-state index contributed by atoms with van der Waals surface area (Å²) in [5.41, 5.74) is 2.94. The summed E-state index contributed by atoms with van der Waals surface area (Å²) in [5, 5.41) is 1.59. The van der Waals surface area contributed by atoms with Gasteiger partial charge in [0.2, 0.25) is 5.91 Å². The largest absolute Gasteiger partial charge is 0.273 e. The summed E-state index contributed by atoms with van der Waals surface area (Å²) in [6.07, 6.45) is -0.956. The van der Waals surface area contributed by atoms with Crippen molar-refractivity contribution in [3.8, 4) is 0 Å². The van der Waals surface area contributed by atoms with E-state index in [0.29, 0.717) is 16.9 Å². The summed E-state index contributed by atoms with van der Waals surface area (Å²) in [7, 11) is 0. The van der Waals surface area contributed by atoms with Crippen LogP contribution >= 0.6 is 15.9 Å². The Morgan fingerprint density at radius 1 is 0.903 bits per heavy atom. The van der Waals surface area contributed by atoms with E-state index in [1.54, 1.807) is 29.3 Å². The van der Waals surface area contributed by atoms with Gasteiger partial charge in [0.1, 0.15) is 11.7 Å². The van der Waals surface area contributed by atoms with E-state index >= 15 is 0 Å². The summed E-state index contributed by atoms with van der Waals surface area (Å²) in [5.74, 6) is -1.89. The second kappa shape index (κ2) is 7.59. The van der Waals surface area contributed by atoms with E-state index in [1.807, 2.05) is 49.4 Å². The van der Waals surface area contributed by atoms with Gasteiger partial charge in [0.15, 0.2) is 6.10 Å². The van der Waals surface area contributed by atoms with Crippen molar-refractivity contribution in [1.29, 1.82) is 0 Å². The SMILES string of the molecule is Cc1ccc(N2C(=O)[C@H]3[C@@H](c4ccc(F)c(Br)c4)N(c4ccccc4)O[C@H]3C2=O)cc1. The van der Waals surface area contributed by atoms with Crippen LogP contribution in [0.5, 0.6) is 0 Å². The number of hydrogen-bond acceptors (Lipinski definition) is 4. The number of halogens is 2. The second-order valence-electron chi connectivity index (χ2n) is 7.68. The maximum atomic E-state index is 13.9. The fourth-order valence-electron chi connectivity index (χ4n) is 4.20. The molecule has 2 fully saturated rings. The lowest BCUT2D eigenvalue weighted by atomic mass is 9.90. The molecule has 0 unspecified atom stereocenters. The number of aryl methyl sites for hydroxylation is 1. The lowest BCUT2D eigenvalue weighted by Gasteiger charge is -2.29. The molecule has 3 atom stereocenters. The number of anilines is 2. The molecule has 2 heterocycles. The molecule has 3 aromatic rings. The number of carbonyl (C=O) groups excluding carboxylic acids is 2. The van der Waals surface area contributed by atoms with Gasteiger partial charge < -0.3 is 0 Å². The van der Waals surface area contributed by atoms with E-state index < -0.39 is 29.8 Å². The van der Waals surface area contributed by atoms with Gasteiger partial charge in [0.25, 0.3) is 5.91 Å². The number of hydrogen-bond donors (Lipinski definition) is 0. The molecule has 0 aliphatic carbocycles. The van der Waals surface area contributed by atoms with E-state index in [2.05, 4.69) is 15.9 Å². The highest BCUT2D eigenvalue weighted by Crippen LogP contribution is 2.48. The summed E-state index contributed by atoms with van der Waals surface area (Å²) in [6, 6.07) is 20.5. The molecule has 2 aliphatic heterocycles. The number of nitrogens with zero attached hydrogens (tertiary/aromatic N) is 2. The normalized spacial score (nSPS) is 22.9. The van der Waals surface area contributed by atoms with Crippen molar-refractivity contribution in [2.75, 3.05) is 9.96 Å². The van der Waals surface area contributed by atoms with Crippen molar-refractivity contribution in [2.45, 2.75) is 19.1 Å². The summed E-state index contributed by atoms with van der Waals surface area (Å²) in [4.78, 5) is 34.0. The van der Waals surface area contributed by atoms with Gasteiger partial charge in [0, 0.05) is 0 Å². The molecule has 0 aromatic heterocycles. The number of amides is 2. The van der Waals surface area contributed by atoms with Crippen molar-refractivity contribution in [2.24, 2.45) is 5.92 Å². The maximum absolute atomic E-state index is 13.9. The molecule has 0 radical (unpaired) electrons. The minimum atomic E-state index is -0.956. The fourth-order valence-corrected chi connectivity index (χ4v) is 4.59. The number of carbonyl (C=O) groups is 2. The topological polar surface area (TPSA) is 49.9 Å². The van der Waals surface area contributed by atoms with Crippen LogP contribution in [0.3, 0.4) is 0 Å². The highest BCUT2D eigenvalue weighted by molar-refractivity contribution is 9.10. The molecule has 5 nitrogen and oxygen atoms in total. The molecule has 0 N–H and O–H groups in total. The first kappa shape index (κ1) is 19.9. The van der Waals surface area contributed by atoms with Crippen molar-refractivity contribution in [1.82, 2.24) is 0 Å². The van der Waals surface area contributed by atoms with Gasteiger partial charge in [-0.25, -0.2) is 14.4 Å². The van der Waals surface area contributed by atoms with Gasteiger partial charge in [-0.1, -0.05) is 42.0 Å². The van der Waals surface area contributed by atoms with Crippen LogP contribution in [-0.2, 0) is 14.4 Å². The fraction of sp³-hybridized carbons (Fsp3) is 0.167. The molecule has 7 heteroatoms. The highest BCUT2D eigenvalue weighted by atomic mass is 79.9. The predicted molar refractivity (Wildman–Crippen MR) is 118 cm³/mol. The highest BCUT2D eigenvalue weighted by Gasteiger charge is 2.60. The van der Waals surface area contributed by atoms with Gasteiger partial charge in [-0.2, -0.15) is 0 Å². The lowest BCUT2D eigenvalue weighted by Crippen LogP contribution is -2.37. The van der Waals surface area contributed by atoms with Gasteiger partial charge in [-0.3, -0.25) is 14.4 Å². The smallest absolute Gasteiger partial charge is 0.266 e. The summed E-state index contributed by atoms with van der Waals surface area (Å²) >= 11 is 3.23. The van der Waals surface area contributed by atoms with Crippen LogP contribution in [0.15, 0.2) is 77.3 Å². The van der Waals surface area contributed by atoms with Gasteiger partial charge in [0.05, 0.1) is 21.9 Å². The van der Waals surface area contributed by atoms with Crippen molar-refractivity contribution >= 4 is 39.1 Å². The molecule has 156 valence electrons. The molecule has 5 rings (SSSR count). The Labute approximate surface area is 187 Å². The quantitative estimate of drug-likeness (QED) is 0.497.